The minimum Gasteiger partial charge on any atom is -0.478 e. The minimum atomic E-state index is -1.01. The average Bonchev–Trinajstić information content (AvgIpc) is 3.27. The van der Waals surface area contributed by atoms with Crippen molar-refractivity contribution >= 4 is 5.97 Å². The summed E-state index contributed by atoms with van der Waals surface area (Å²) < 4.78 is 13.8. The van der Waals surface area contributed by atoms with E-state index in [0.29, 0.717) is 12.1 Å². The Morgan fingerprint density at radius 3 is 2.48 bits per heavy atom. The van der Waals surface area contributed by atoms with Crippen molar-refractivity contribution in [2.45, 2.75) is 19.4 Å². The van der Waals surface area contributed by atoms with Gasteiger partial charge in [0.25, 0.3) is 0 Å². The van der Waals surface area contributed by atoms with E-state index in [1.165, 1.54) is 37.6 Å². The van der Waals surface area contributed by atoms with Crippen molar-refractivity contribution in [3.05, 3.63) is 35.1 Å². The molecule has 1 aromatic rings. The lowest BCUT2D eigenvalue weighted by molar-refractivity contribution is 0.0696. The van der Waals surface area contributed by atoms with E-state index in [0.717, 1.165) is 32.1 Å². The van der Waals surface area contributed by atoms with E-state index in [9.17, 15) is 9.18 Å². The van der Waals surface area contributed by atoms with Crippen molar-refractivity contribution in [2.24, 2.45) is 5.92 Å². The summed E-state index contributed by atoms with van der Waals surface area (Å²) in [5, 5.41) is 8.99. The molecule has 0 spiro atoms. The van der Waals surface area contributed by atoms with Gasteiger partial charge in [0.2, 0.25) is 0 Å². The molecule has 4 nitrogen and oxygen atoms in total. The van der Waals surface area contributed by atoms with Crippen molar-refractivity contribution in [1.29, 1.82) is 0 Å². The smallest absolute Gasteiger partial charge is 0.335 e. The number of nitrogens with zero attached hydrogens (tertiary/aromatic N) is 2. The molecular weight excluding hydrogens is 271 g/mol. The third-order valence-corrected chi connectivity index (χ3v) is 4.36. The topological polar surface area (TPSA) is 43.8 Å². The number of carboxylic acid groups (broad SMARTS) is 1. The predicted octanol–water partition coefficient (Wildman–Crippen LogP) is 2.05. The molecule has 1 aliphatic carbocycles. The molecule has 114 valence electrons. The first-order chi connectivity index (χ1) is 10.1. The summed E-state index contributed by atoms with van der Waals surface area (Å²) in [4.78, 5) is 15.7. The second kappa shape index (κ2) is 6.12. The lowest BCUT2D eigenvalue weighted by Crippen LogP contribution is -2.46. The molecule has 2 fully saturated rings. The Kier molecular flexibility index (Phi) is 4.22. The van der Waals surface area contributed by atoms with Gasteiger partial charge in [-0.3, -0.25) is 4.90 Å². The lowest BCUT2D eigenvalue weighted by Gasteiger charge is -2.34. The quantitative estimate of drug-likeness (QED) is 0.902. The summed E-state index contributed by atoms with van der Waals surface area (Å²) >= 11 is 0. The maximum Gasteiger partial charge on any atom is 0.335 e. The fourth-order valence-corrected chi connectivity index (χ4v) is 2.87. The minimum absolute atomic E-state index is 0.152. The predicted molar refractivity (Wildman–Crippen MR) is 77.8 cm³/mol. The van der Waals surface area contributed by atoms with Gasteiger partial charge in [-0.1, -0.05) is 0 Å². The van der Waals surface area contributed by atoms with E-state index >= 15 is 0 Å². The van der Waals surface area contributed by atoms with Gasteiger partial charge in [0.1, 0.15) is 5.82 Å². The highest BCUT2D eigenvalue weighted by atomic mass is 19.1. The van der Waals surface area contributed by atoms with Gasteiger partial charge in [-0.05, 0) is 37.0 Å². The summed E-state index contributed by atoms with van der Waals surface area (Å²) in [6.07, 6.45) is 2.74. The van der Waals surface area contributed by atoms with Gasteiger partial charge in [0.05, 0.1) is 5.56 Å². The van der Waals surface area contributed by atoms with E-state index in [-0.39, 0.29) is 11.4 Å². The van der Waals surface area contributed by atoms with Crippen molar-refractivity contribution < 1.29 is 14.3 Å². The molecule has 0 amide bonds. The largest absolute Gasteiger partial charge is 0.478 e. The molecule has 1 saturated heterocycles. The van der Waals surface area contributed by atoms with Crippen LogP contribution < -0.4 is 0 Å². The van der Waals surface area contributed by atoms with E-state index in [1.54, 1.807) is 0 Å². The first-order valence-electron chi connectivity index (χ1n) is 7.58. The van der Waals surface area contributed by atoms with Crippen molar-refractivity contribution in [1.82, 2.24) is 9.80 Å². The zero-order valence-corrected chi connectivity index (χ0v) is 12.1. The van der Waals surface area contributed by atoms with Crippen LogP contribution in [0.25, 0.3) is 0 Å². The molecule has 21 heavy (non-hydrogen) atoms. The first-order valence-corrected chi connectivity index (χ1v) is 7.58. The number of carbonyl (C=O) groups is 1. The number of benzene rings is 1. The van der Waals surface area contributed by atoms with Crippen LogP contribution in [-0.2, 0) is 6.54 Å². The number of piperazine rings is 1. The molecule has 1 aliphatic heterocycles. The summed E-state index contributed by atoms with van der Waals surface area (Å²) in [5.74, 6) is -0.424. The molecule has 5 heteroatoms. The van der Waals surface area contributed by atoms with Gasteiger partial charge >= 0.3 is 5.97 Å². The second-order valence-corrected chi connectivity index (χ2v) is 6.13. The van der Waals surface area contributed by atoms with Gasteiger partial charge in [-0.25, -0.2) is 9.18 Å². The van der Waals surface area contributed by atoms with E-state index in [2.05, 4.69) is 9.80 Å². The Morgan fingerprint density at radius 1 is 1.19 bits per heavy atom. The Bertz CT molecular complexity index is 523. The van der Waals surface area contributed by atoms with Crippen LogP contribution in [0.5, 0.6) is 0 Å². The molecule has 1 N–H and O–H groups in total. The molecular formula is C16H21FN2O2. The SMILES string of the molecule is O=C(O)c1ccc(F)c(CN2CCN(CC3CC3)CC2)c1. The number of carboxylic acids is 1. The van der Waals surface area contributed by atoms with Crippen LogP contribution in [-0.4, -0.2) is 53.6 Å². The molecule has 1 aromatic carbocycles. The van der Waals surface area contributed by atoms with E-state index in [4.69, 9.17) is 5.11 Å². The third kappa shape index (κ3) is 3.80. The highest BCUT2D eigenvalue weighted by molar-refractivity contribution is 5.87. The van der Waals surface area contributed by atoms with Crippen LogP contribution >= 0.6 is 0 Å². The van der Waals surface area contributed by atoms with Gasteiger partial charge in [-0.15, -0.1) is 0 Å². The fourth-order valence-electron chi connectivity index (χ4n) is 2.87. The van der Waals surface area contributed by atoms with Crippen LogP contribution in [0.1, 0.15) is 28.8 Å². The molecule has 0 atom stereocenters. The Labute approximate surface area is 124 Å². The molecule has 1 saturated carbocycles. The highest BCUT2D eigenvalue weighted by Crippen LogP contribution is 2.30. The maximum absolute atomic E-state index is 13.8. The van der Waals surface area contributed by atoms with Gasteiger partial charge < -0.3 is 10.0 Å². The number of rotatable bonds is 5. The normalized spacial score (nSPS) is 20.6. The van der Waals surface area contributed by atoms with E-state index in [1.807, 2.05) is 0 Å². The second-order valence-electron chi connectivity index (χ2n) is 6.13. The van der Waals surface area contributed by atoms with Gasteiger partial charge in [0.15, 0.2) is 0 Å². The van der Waals surface area contributed by atoms with Crippen molar-refractivity contribution in [2.75, 3.05) is 32.7 Å². The fraction of sp³-hybridized carbons (Fsp3) is 0.562. The van der Waals surface area contributed by atoms with E-state index < -0.39 is 5.97 Å². The number of hydrogen-bond donors (Lipinski definition) is 1. The summed E-state index contributed by atoms with van der Waals surface area (Å²) in [5.41, 5.74) is 0.629. The third-order valence-electron chi connectivity index (χ3n) is 4.36. The number of halogens is 1. The Hall–Kier alpha value is -1.46. The molecule has 0 aromatic heterocycles. The summed E-state index contributed by atoms with van der Waals surface area (Å²) in [6.45, 7) is 5.58. The summed E-state index contributed by atoms with van der Waals surface area (Å²) in [6, 6.07) is 4.02. The molecule has 2 aliphatic rings. The standard InChI is InChI=1S/C16H21FN2O2/c17-15-4-3-13(16(20)21)9-14(15)11-19-7-5-18(6-8-19)10-12-1-2-12/h3-4,9,12H,1-2,5-8,10-11H2,(H,20,21). The van der Waals surface area contributed by atoms with Crippen LogP contribution in [0.15, 0.2) is 18.2 Å². The highest BCUT2D eigenvalue weighted by Gasteiger charge is 2.26. The van der Waals surface area contributed by atoms with Crippen LogP contribution in [0.3, 0.4) is 0 Å². The monoisotopic (exact) mass is 292 g/mol. The maximum atomic E-state index is 13.8. The molecule has 0 radical (unpaired) electrons. The molecule has 0 unspecified atom stereocenters. The molecule has 1 heterocycles. The first kappa shape index (κ1) is 14.5. The van der Waals surface area contributed by atoms with Crippen LogP contribution in [0, 0.1) is 11.7 Å². The molecule has 3 rings (SSSR count). The average molecular weight is 292 g/mol. The number of aromatic carboxylic acids is 1. The molecule has 0 bridgehead atoms. The zero-order chi connectivity index (χ0) is 14.8. The van der Waals surface area contributed by atoms with Crippen molar-refractivity contribution in [3.63, 3.8) is 0 Å². The Morgan fingerprint density at radius 2 is 1.86 bits per heavy atom. The van der Waals surface area contributed by atoms with Crippen LogP contribution in [0.2, 0.25) is 0 Å². The number of hydrogen-bond acceptors (Lipinski definition) is 3. The van der Waals surface area contributed by atoms with Crippen LogP contribution in [0.4, 0.5) is 4.39 Å². The van der Waals surface area contributed by atoms with Gasteiger partial charge in [-0.2, -0.15) is 0 Å². The van der Waals surface area contributed by atoms with Gasteiger partial charge in [0, 0.05) is 44.8 Å². The summed E-state index contributed by atoms with van der Waals surface area (Å²) in [7, 11) is 0. The zero-order valence-electron chi connectivity index (χ0n) is 12.1. The lowest BCUT2D eigenvalue weighted by atomic mass is 10.1. The van der Waals surface area contributed by atoms with Crippen molar-refractivity contribution in [3.8, 4) is 0 Å². The Balaban J connectivity index is 1.56.